The second-order valence-corrected chi connectivity index (χ2v) is 2.08. The Bertz CT molecular complexity index is 187. The molecule has 0 atom stereocenters. The fraction of sp³-hybridized carbons (Fsp3) is 0.0909. The predicted molar refractivity (Wildman–Crippen MR) is 46.8 cm³/mol. The molecule has 0 saturated heterocycles. The van der Waals surface area contributed by atoms with Gasteiger partial charge in [0.1, 0.15) is 0 Å². The van der Waals surface area contributed by atoms with Crippen molar-refractivity contribution in [2.45, 2.75) is 6.42 Å². The maximum absolute atomic E-state index is 2.99. The Morgan fingerprint density at radius 2 is 1.75 bits per heavy atom. The molecular weight excluding hydrogens is 180 g/mol. The molecular formula is C11H10Ti. The van der Waals surface area contributed by atoms with Crippen molar-refractivity contribution in [2.75, 3.05) is 0 Å². The third-order valence-electron chi connectivity index (χ3n) is 1.19. The number of rotatable bonds is 0. The Kier molecular flexibility index (Phi) is 8.09. The first-order chi connectivity index (χ1) is 5.50. The summed E-state index contributed by atoms with van der Waals surface area (Å²) in [6.07, 6.45) is 10.0. The number of hydrogen-bond donors (Lipinski definition) is 0. The molecule has 0 bridgehead atoms. The summed E-state index contributed by atoms with van der Waals surface area (Å²) >= 11 is 0. The molecule has 12 heavy (non-hydrogen) atoms. The SMILES string of the molecule is [C-]1=CC=CC1.[Ti+2].[c-]1ccccc1. The van der Waals surface area contributed by atoms with Gasteiger partial charge < -0.3 is 0 Å². The number of allylic oxidation sites excluding steroid dienone is 4. The van der Waals surface area contributed by atoms with E-state index in [9.17, 15) is 0 Å². The largest absolute Gasteiger partial charge is 2.00 e. The molecule has 1 aliphatic rings. The van der Waals surface area contributed by atoms with Crippen LogP contribution in [0.4, 0.5) is 0 Å². The molecule has 1 aliphatic carbocycles. The van der Waals surface area contributed by atoms with E-state index in [4.69, 9.17) is 0 Å². The van der Waals surface area contributed by atoms with Crippen LogP contribution in [0.25, 0.3) is 0 Å². The Labute approximate surface area is 88.9 Å². The minimum absolute atomic E-state index is 0. The van der Waals surface area contributed by atoms with Crippen molar-refractivity contribution in [3.05, 3.63) is 60.7 Å². The molecule has 0 fully saturated rings. The number of hydrogen-bond acceptors (Lipinski definition) is 0. The monoisotopic (exact) mass is 190 g/mol. The molecule has 0 nitrogen and oxygen atoms in total. The summed E-state index contributed by atoms with van der Waals surface area (Å²) in [5, 5.41) is 0. The molecule has 0 aliphatic heterocycles. The summed E-state index contributed by atoms with van der Waals surface area (Å²) in [7, 11) is 0. The maximum Gasteiger partial charge on any atom is 2.00 e. The van der Waals surface area contributed by atoms with Gasteiger partial charge in [-0.25, -0.2) is 12.2 Å². The average Bonchev–Trinajstić information content (AvgIpc) is 2.64. The quantitative estimate of drug-likeness (QED) is 0.435. The van der Waals surface area contributed by atoms with Crippen LogP contribution in [0, 0.1) is 12.1 Å². The second-order valence-electron chi connectivity index (χ2n) is 2.08. The molecule has 1 aromatic rings. The molecule has 0 amide bonds. The molecule has 0 N–H and O–H groups in total. The summed E-state index contributed by atoms with van der Waals surface area (Å²) < 4.78 is 0. The van der Waals surface area contributed by atoms with Crippen LogP contribution in [0.15, 0.2) is 48.6 Å². The van der Waals surface area contributed by atoms with E-state index in [1.54, 1.807) is 0 Å². The van der Waals surface area contributed by atoms with E-state index in [0.29, 0.717) is 0 Å². The van der Waals surface area contributed by atoms with Crippen LogP contribution in [0.2, 0.25) is 0 Å². The fourth-order valence-corrected chi connectivity index (χ4v) is 0.682. The first-order valence-corrected chi connectivity index (χ1v) is 3.63. The predicted octanol–water partition coefficient (Wildman–Crippen LogP) is 2.79. The van der Waals surface area contributed by atoms with Crippen LogP contribution in [0.3, 0.4) is 0 Å². The van der Waals surface area contributed by atoms with Gasteiger partial charge in [-0.05, 0) is 0 Å². The van der Waals surface area contributed by atoms with Gasteiger partial charge in [-0.2, -0.15) is 42.5 Å². The molecule has 1 aromatic carbocycles. The van der Waals surface area contributed by atoms with Crippen molar-refractivity contribution < 1.29 is 21.7 Å². The molecule has 0 aromatic heterocycles. The normalized spacial score (nSPS) is 11.3. The zero-order valence-electron chi connectivity index (χ0n) is 6.83. The third kappa shape index (κ3) is 6.15. The van der Waals surface area contributed by atoms with Crippen LogP contribution in [-0.4, -0.2) is 0 Å². The van der Waals surface area contributed by atoms with Gasteiger partial charge in [0, 0.05) is 0 Å². The van der Waals surface area contributed by atoms with Crippen LogP contribution >= 0.6 is 0 Å². The van der Waals surface area contributed by atoms with E-state index in [1.807, 2.05) is 42.5 Å². The van der Waals surface area contributed by atoms with Gasteiger partial charge in [0.15, 0.2) is 0 Å². The topological polar surface area (TPSA) is 0 Å². The van der Waals surface area contributed by atoms with Crippen molar-refractivity contribution >= 4 is 0 Å². The van der Waals surface area contributed by atoms with Gasteiger partial charge in [0.2, 0.25) is 0 Å². The minimum atomic E-state index is 0. The van der Waals surface area contributed by atoms with Gasteiger partial charge in [0.05, 0.1) is 0 Å². The fourth-order valence-electron chi connectivity index (χ4n) is 0.682. The van der Waals surface area contributed by atoms with Crippen molar-refractivity contribution in [1.82, 2.24) is 0 Å². The molecule has 1 heteroatoms. The van der Waals surface area contributed by atoms with Crippen LogP contribution in [0.1, 0.15) is 6.42 Å². The van der Waals surface area contributed by atoms with E-state index in [0.717, 1.165) is 6.42 Å². The molecule has 0 saturated carbocycles. The molecule has 2 rings (SSSR count). The van der Waals surface area contributed by atoms with Crippen molar-refractivity contribution in [3.63, 3.8) is 0 Å². The summed E-state index contributed by atoms with van der Waals surface area (Å²) in [6, 6.07) is 12.5. The van der Waals surface area contributed by atoms with Crippen LogP contribution in [0.5, 0.6) is 0 Å². The maximum atomic E-state index is 2.99. The zero-order chi connectivity index (χ0) is 7.78. The van der Waals surface area contributed by atoms with Crippen LogP contribution in [-0.2, 0) is 21.7 Å². The summed E-state index contributed by atoms with van der Waals surface area (Å²) in [6.45, 7) is 0. The summed E-state index contributed by atoms with van der Waals surface area (Å²) in [5.41, 5.74) is 0. The van der Waals surface area contributed by atoms with Crippen molar-refractivity contribution in [1.29, 1.82) is 0 Å². The van der Waals surface area contributed by atoms with E-state index >= 15 is 0 Å². The smallest absolute Gasteiger partial charge is 0.273 e. The first-order valence-electron chi connectivity index (χ1n) is 3.63. The van der Waals surface area contributed by atoms with Gasteiger partial charge in [-0.3, -0.25) is 6.08 Å². The Morgan fingerprint density at radius 1 is 1.00 bits per heavy atom. The van der Waals surface area contributed by atoms with E-state index in [-0.39, 0.29) is 21.7 Å². The van der Waals surface area contributed by atoms with Gasteiger partial charge >= 0.3 is 21.7 Å². The van der Waals surface area contributed by atoms with Gasteiger partial charge in [-0.1, -0.05) is 0 Å². The number of benzene rings is 1. The Balaban J connectivity index is 0.000000189. The first kappa shape index (κ1) is 11.4. The van der Waals surface area contributed by atoms with Gasteiger partial charge in [0.25, 0.3) is 0 Å². The van der Waals surface area contributed by atoms with Crippen molar-refractivity contribution in [3.8, 4) is 0 Å². The van der Waals surface area contributed by atoms with E-state index in [1.165, 1.54) is 0 Å². The van der Waals surface area contributed by atoms with E-state index < -0.39 is 0 Å². The summed E-state index contributed by atoms with van der Waals surface area (Å²) in [4.78, 5) is 0. The summed E-state index contributed by atoms with van der Waals surface area (Å²) in [5.74, 6) is 0. The van der Waals surface area contributed by atoms with Gasteiger partial charge in [-0.15, -0.1) is 6.42 Å². The zero-order valence-corrected chi connectivity index (χ0v) is 8.39. The molecule has 58 valence electrons. The standard InChI is InChI=1S/C6H5.C5H5.Ti/c1-2-4-6-5-3-1;1-2-4-5-3-1;/h1-5H;1-3H,4H2;/q2*-1;+2. The average molecular weight is 190 g/mol. The van der Waals surface area contributed by atoms with Crippen LogP contribution < -0.4 is 0 Å². The molecule has 0 heterocycles. The minimum Gasteiger partial charge on any atom is -0.273 e. The van der Waals surface area contributed by atoms with E-state index in [2.05, 4.69) is 18.2 Å². The molecule has 0 radical (unpaired) electrons. The Hall–Kier alpha value is -0.586. The molecule has 0 unspecified atom stereocenters. The Morgan fingerprint density at radius 3 is 1.92 bits per heavy atom. The molecule has 0 spiro atoms. The third-order valence-corrected chi connectivity index (χ3v) is 1.19. The second kappa shape index (κ2) is 8.51. The van der Waals surface area contributed by atoms with Crippen molar-refractivity contribution in [2.24, 2.45) is 0 Å².